The summed E-state index contributed by atoms with van der Waals surface area (Å²) in [5.41, 5.74) is 1.49. The molecule has 0 aliphatic heterocycles. The molecular formula is C13H14N2O4S. The lowest BCUT2D eigenvalue weighted by atomic mass is 10.3. The molecule has 0 saturated carbocycles. The van der Waals surface area contributed by atoms with E-state index in [2.05, 4.69) is 10.3 Å². The van der Waals surface area contributed by atoms with Crippen LogP contribution in [0.1, 0.15) is 12.8 Å². The number of para-hydroxylation sites is 2. The molecule has 2 aromatic rings. The van der Waals surface area contributed by atoms with Crippen LogP contribution >= 0.6 is 11.8 Å². The Morgan fingerprint density at radius 3 is 2.85 bits per heavy atom. The number of amides is 1. The molecule has 0 fully saturated rings. The number of aliphatic carboxylic acids is 1. The van der Waals surface area contributed by atoms with E-state index in [0.29, 0.717) is 17.2 Å². The maximum absolute atomic E-state index is 11.0. The third-order valence-corrected chi connectivity index (χ3v) is 3.54. The van der Waals surface area contributed by atoms with E-state index in [-0.39, 0.29) is 11.7 Å². The second kappa shape index (κ2) is 6.42. The Morgan fingerprint density at radius 2 is 2.20 bits per heavy atom. The molecule has 0 aliphatic rings. The average Bonchev–Trinajstić information content (AvgIpc) is 2.79. The fraction of sp³-hybridized carbons (Fsp3) is 0.308. The van der Waals surface area contributed by atoms with Crippen LogP contribution in [0.5, 0.6) is 0 Å². The van der Waals surface area contributed by atoms with Crippen molar-refractivity contribution in [3.05, 3.63) is 30.2 Å². The van der Waals surface area contributed by atoms with Crippen LogP contribution in [-0.2, 0) is 15.3 Å². The maximum Gasteiger partial charge on any atom is 0.327 e. The lowest BCUT2D eigenvalue weighted by Gasteiger charge is -2.11. The number of carbonyl (C=O) groups excluding carboxylic acids is 1. The van der Waals surface area contributed by atoms with E-state index in [1.165, 1.54) is 18.7 Å². The monoisotopic (exact) mass is 294 g/mol. The van der Waals surface area contributed by atoms with Crippen LogP contribution in [0.4, 0.5) is 0 Å². The van der Waals surface area contributed by atoms with Crippen LogP contribution in [0, 0.1) is 0 Å². The van der Waals surface area contributed by atoms with Gasteiger partial charge in [0.05, 0.1) is 5.75 Å². The van der Waals surface area contributed by atoms with Crippen molar-refractivity contribution in [1.82, 2.24) is 10.3 Å². The van der Waals surface area contributed by atoms with Crippen molar-refractivity contribution in [2.24, 2.45) is 0 Å². The molecule has 2 N–H and O–H groups in total. The average molecular weight is 294 g/mol. The highest BCUT2D eigenvalue weighted by molar-refractivity contribution is 7.98. The van der Waals surface area contributed by atoms with Crippen LogP contribution in [0.25, 0.3) is 11.1 Å². The second-order valence-electron chi connectivity index (χ2n) is 4.18. The predicted molar refractivity (Wildman–Crippen MR) is 75.4 cm³/mol. The van der Waals surface area contributed by atoms with Gasteiger partial charge in [-0.25, -0.2) is 9.78 Å². The van der Waals surface area contributed by atoms with E-state index in [4.69, 9.17) is 9.52 Å². The summed E-state index contributed by atoms with van der Waals surface area (Å²) >= 11 is 1.35. The molecule has 7 heteroatoms. The minimum absolute atomic E-state index is 0.258. The number of nitrogens with one attached hydrogen (secondary N) is 1. The van der Waals surface area contributed by atoms with Gasteiger partial charge in [-0.2, -0.15) is 0 Å². The van der Waals surface area contributed by atoms with E-state index < -0.39 is 12.0 Å². The highest BCUT2D eigenvalue weighted by atomic mass is 32.2. The molecule has 1 atom stereocenters. The molecule has 0 spiro atoms. The summed E-state index contributed by atoms with van der Waals surface area (Å²) in [5.74, 6) is -0.153. The number of nitrogens with zero attached hydrogens (tertiary/aromatic N) is 1. The molecule has 1 amide bonds. The normalized spacial score (nSPS) is 12.2. The lowest BCUT2D eigenvalue weighted by Crippen LogP contribution is -2.41. The molecule has 0 bridgehead atoms. The first-order valence-corrected chi connectivity index (χ1v) is 7.14. The number of rotatable bonds is 6. The molecule has 1 heterocycles. The molecule has 1 unspecified atom stereocenters. The number of carbonyl (C=O) groups is 2. The number of benzene rings is 1. The molecule has 2 rings (SSSR count). The van der Waals surface area contributed by atoms with Gasteiger partial charge in [-0.15, -0.1) is 11.8 Å². The molecular weight excluding hydrogens is 280 g/mol. The Labute approximate surface area is 119 Å². The van der Waals surface area contributed by atoms with E-state index in [1.807, 2.05) is 24.3 Å². The molecule has 106 valence electrons. The van der Waals surface area contributed by atoms with Crippen molar-refractivity contribution in [2.75, 3.05) is 5.75 Å². The van der Waals surface area contributed by atoms with Gasteiger partial charge in [0.2, 0.25) is 11.8 Å². The second-order valence-corrected chi connectivity index (χ2v) is 5.21. The number of carboxylic acid groups (broad SMARTS) is 1. The number of carboxylic acids is 1. The summed E-state index contributed by atoms with van der Waals surface area (Å²) in [5, 5.41) is 11.3. The SMILES string of the molecule is CC(=O)NC(CSCc1nc2ccccc2o1)C(=O)O. The standard InChI is InChI=1S/C13H14N2O4S/c1-8(16)14-10(13(17)18)6-20-7-12-15-9-4-2-3-5-11(9)19-12/h2-5,10H,6-7H2,1H3,(H,14,16)(H,17,18). The predicted octanol–water partition coefficient (Wildman–Crippen LogP) is 1.65. The number of aromatic nitrogens is 1. The summed E-state index contributed by atoms with van der Waals surface area (Å²) < 4.78 is 5.52. The summed E-state index contributed by atoms with van der Waals surface area (Å²) in [6.45, 7) is 1.29. The van der Waals surface area contributed by atoms with Gasteiger partial charge >= 0.3 is 5.97 Å². The number of thioether (sulfide) groups is 1. The van der Waals surface area contributed by atoms with Gasteiger partial charge < -0.3 is 14.8 Å². The zero-order valence-corrected chi connectivity index (χ0v) is 11.6. The van der Waals surface area contributed by atoms with Crippen LogP contribution in [-0.4, -0.2) is 33.8 Å². The van der Waals surface area contributed by atoms with Crippen molar-refractivity contribution < 1.29 is 19.1 Å². The summed E-state index contributed by atoms with van der Waals surface area (Å²) in [6, 6.07) is 6.51. The largest absolute Gasteiger partial charge is 0.480 e. The number of fused-ring (bicyclic) bond motifs is 1. The molecule has 0 radical (unpaired) electrons. The van der Waals surface area contributed by atoms with E-state index in [9.17, 15) is 9.59 Å². The minimum Gasteiger partial charge on any atom is -0.480 e. The van der Waals surface area contributed by atoms with Crippen molar-refractivity contribution in [1.29, 1.82) is 0 Å². The first-order chi connectivity index (χ1) is 9.56. The van der Waals surface area contributed by atoms with Crippen molar-refractivity contribution >= 4 is 34.7 Å². The van der Waals surface area contributed by atoms with E-state index in [1.54, 1.807) is 0 Å². The summed E-state index contributed by atoms with van der Waals surface area (Å²) in [7, 11) is 0. The van der Waals surface area contributed by atoms with Crippen LogP contribution in [0.2, 0.25) is 0 Å². The number of oxazole rings is 1. The molecule has 0 aliphatic carbocycles. The van der Waals surface area contributed by atoms with Crippen LogP contribution in [0.15, 0.2) is 28.7 Å². The topological polar surface area (TPSA) is 92.4 Å². The van der Waals surface area contributed by atoms with Gasteiger partial charge in [-0.05, 0) is 12.1 Å². The van der Waals surface area contributed by atoms with Crippen molar-refractivity contribution in [3.8, 4) is 0 Å². The van der Waals surface area contributed by atoms with E-state index >= 15 is 0 Å². The smallest absolute Gasteiger partial charge is 0.327 e. The van der Waals surface area contributed by atoms with Crippen molar-refractivity contribution in [3.63, 3.8) is 0 Å². The Balaban J connectivity index is 1.91. The fourth-order valence-electron chi connectivity index (χ4n) is 1.67. The van der Waals surface area contributed by atoms with Gasteiger partial charge in [-0.3, -0.25) is 4.79 Å². The van der Waals surface area contributed by atoms with Crippen molar-refractivity contribution in [2.45, 2.75) is 18.7 Å². The zero-order chi connectivity index (χ0) is 14.5. The van der Waals surface area contributed by atoms with Crippen LogP contribution in [0.3, 0.4) is 0 Å². The Hall–Kier alpha value is -2.02. The highest BCUT2D eigenvalue weighted by Crippen LogP contribution is 2.19. The first kappa shape index (κ1) is 14.4. The molecule has 1 aromatic carbocycles. The van der Waals surface area contributed by atoms with Gasteiger partial charge in [-0.1, -0.05) is 12.1 Å². The van der Waals surface area contributed by atoms with Gasteiger partial charge in [0.25, 0.3) is 0 Å². The van der Waals surface area contributed by atoms with Gasteiger partial charge in [0.1, 0.15) is 11.6 Å². The number of hydrogen-bond acceptors (Lipinski definition) is 5. The first-order valence-electron chi connectivity index (χ1n) is 5.98. The molecule has 1 aromatic heterocycles. The third kappa shape index (κ3) is 3.74. The quantitative estimate of drug-likeness (QED) is 0.841. The molecule has 20 heavy (non-hydrogen) atoms. The molecule has 0 saturated heterocycles. The summed E-state index contributed by atoms with van der Waals surface area (Å²) in [4.78, 5) is 26.1. The van der Waals surface area contributed by atoms with E-state index in [0.717, 1.165) is 5.52 Å². The maximum atomic E-state index is 11.0. The zero-order valence-electron chi connectivity index (χ0n) is 10.8. The number of hydrogen-bond donors (Lipinski definition) is 2. The summed E-state index contributed by atoms with van der Waals surface area (Å²) in [6.07, 6.45) is 0. The minimum atomic E-state index is -1.05. The lowest BCUT2D eigenvalue weighted by molar-refractivity contribution is -0.140. The Morgan fingerprint density at radius 1 is 1.45 bits per heavy atom. The van der Waals surface area contributed by atoms with Gasteiger partial charge in [0, 0.05) is 12.7 Å². The fourth-order valence-corrected chi connectivity index (χ4v) is 2.54. The highest BCUT2D eigenvalue weighted by Gasteiger charge is 2.18. The third-order valence-electron chi connectivity index (χ3n) is 2.52. The Bertz CT molecular complexity index is 593. The molecule has 6 nitrogen and oxygen atoms in total. The van der Waals surface area contributed by atoms with Gasteiger partial charge in [0.15, 0.2) is 5.58 Å². The Kier molecular flexibility index (Phi) is 4.62. The van der Waals surface area contributed by atoms with Crippen LogP contribution < -0.4 is 5.32 Å².